The monoisotopic (exact) mass is 452 g/mol. The number of carbonyl (C=O) groups excluding carboxylic acids is 2. The Balaban J connectivity index is 1.40. The Morgan fingerprint density at radius 2 is 1.79 bits per heavy atom. The first-order valence-electron chi connectivity index (χ1n) is 10.8. The number of nitrogens with one attached hydrogen (secondary N) is 2. The Morgan fingerprint density at radius 3 is 2.62 bits per heavy atom. The quantitative estimate of drug-likeness (QED) is 0.419. The van der Waals surface area contributed by atoms with Crippen LogP contribution in [0.25, 0.3) is 0 Å². The van der Waals surface area contributed by atoms with Crippen LogP contribution in [0.5, 0.6) is 0 Å². The maximum Gasteiger partial charge on any atom is 0.258 e. The standard InChI is InChI=1S/C27H21FN4O2/c1-17-8-11-20(28)15-22(17)26(33)30-21-12-9-18(10-13-21)27(34)32-16-19-5-4-14-29-25(19)31-23-6-2-3-7-24(23)32/h2-15H,16H2,1H3,(H,29,31)(H,30,33). The van der Waals surface area contributed by atoms with Crippen molar-refractivity contribution in [3.8, 4) is 0 Å². The van der Waals surface area contributed by atoms with Crippen molar-refractivity contribution in [2.24, 2.45) is 0 Å². The minimum atomic E-state index is -0.472. The Bertz CT molecular complexity index is 1400. The number of anilines is 4. The van der Waals surface area contributed by atoms with E-state index < -0.39 is 11.7 Å². The zero-order chi connectivity index (χ0) is 23.7. The molecule has 2 heterocycles. The Labute approximate surface area is 196 Å². The molecule has 4 aromatic rings. The van der Waals surface area contributed by atoms with Gasteiger partial charge in [-0.25, -0.2) is 9.37 Å². The zero-order valence-corrected chi connectivity index (χ0v) is 18.4. The van der Waals surface area contributed by atoms with Crippen molar-refractivity contribution in [2.75, 3.05) is 15.5 Å². The second-order valence-electron chi connectivity index (χ2n) is 8.04. The third-order valence-corrected chi connectivity index (χ3v) is 5.75. The molecule has 6 nitrogen and oxygen atoms in total. The molecule has 168 valence electrons. The van der Waals surface area contributed by atoms with Crippen molar-refractivity contribution in [3.05, 3.63) is 113 Å². The number of amides is 2. The first-order valence-corrected chi connectivity index (χ1v) is 10.8. The minimum Gasteiger partial charge on any atom is -0.338 e. The van der Waals surface area contributed by atoms with Gasteiger partial charge in [-0.2, -0.15) is 0 Å². The van der Waals surface area contributed by atoms with E-state index in [0.717, 1.165) is 22.8 Å². The van der Waals surface area contributed by atoms with Crippen LogP contribution in [-0.2, 0) is 6.54 Å². The molecule has 7 heteroatoms. The molecule has 0 unspecified atom stereocenters. The fourth-order valence-electron chi connectivity index (χ4n) is 3.95. The lowest BCUT2D eigenvalue weighted by atomic mass is 10.1. The number of hydrogen-bond acceptors (Lipinski definition) is 4. The molecule has 0 atom stereocenters. The van der Waals surface area contributed by atoms with Gasteiger partial charge in [-0.05, 0) is 67.1 Å². The smallest absolute Gasteiger partial charge is 0.258 e. The van der Waals surface area contributed by atoms with Gasteiger partial charge in [0.15, 0.2) is 0 Å². The van der Waals surface area contributed by atoms with Crippen LogP contribution in [0.3, 0.4) is 0 Å². The van der Waals surface area contributed by atoms with E-state index in [-0.39, 0.29) is 11.5 Å². The fraction of sp³-hybridized carbons (Fsp3) is 0.0741. The number of para-hydroxylation sites is 2. The van der Waals surface area contributed by atoms with Crippen LogP contribution in [0.15, 0.2) is 85.1 Å². The maximum absolute atomic E-state index is 13.6. The van der Waals surface area contributed by atoms with E-state index in [1.807, 2.05) is 36.4 Å². The molecule has 1 aliphatic rings. The Morgan fingerprint density at radius 1 is 1.00 bits per heavy atom. The molecule has 3 aromatic carbocycles. The van der Waals surface area contributed by atoms with Crippen molar-refractivity contribution >= 4 is 34.7 Å². The highest BCUT2D eigenvalue weighted by Crippen LogP contribution is 2.35. The normalized spacial score (nSPS) is 12.1. The molecule has 34 heavy (non-hydrogen) atoms. The molecule has 0 saturated carbocycles. The summed E-state index contributed by atoms with van der Waals surface area (Å²) in [6.07, 6.45) is 1.71. The van der Waals surface area contributed by atoms with Crippen LogP contribution < -0.4 is 15.5 Å². The average molecular weight is 452 g/mol. The number of pyridine rings is 1. The number of aryl methyl sites for hydroxylation is 1. The predicted molar refractivity (Wildman–Crippen MR) is 130 cm³/mol. The summed E-state index contributed by atoms with van der Waals surface area (Å²) in [7, 11) is 0. The van der Waals surface area contributed by atoms with Gasteiger partial charge in [0.25, 0.3) is 11.8 Å². The van der Waals surface area contributed by atoms with Gasteiger partial charge in [-0.15, -0.1) is 0 Å². The summed E-state index contributed by atoms with van der Waals surface area (Å²) >= 11 is 0. The largest absolute Gasteiger partial charge is 0.338 e. The molecule has 0 bridgehead atoms. The summed E-state index contributed by atoms with van der Waals surface area (Å²) in [5.74, 6) is -0.339. The van der Waals surface area contributed by atoms with Gasteiger partial charge in [-0.3, -0.25) is 9.59 Å². The third-order valence-electron chi connectivity index (χ3n) is 5.75. The van der Waals surface area contributed by atoms with E-state index >= 15 is 0 Å². The first kappa shape index (κ1) is 21.3. The Hall–Kier alpha value is -4.52. The maximum atomic E-state index is 13.6. The average Bonchev–Trinajstić information content (AvgIpc) is 3.02. The third kappa shape index (κ3) is 4.11. The highest BCUT2D eigenvalue weighted by Gasteiger charge is 2.25. The minimum absolute atomic E-state index is 0.176. The van der Waals surface area contributed by atoms with Gasteiger partial charge in [0.05, 0.1) is 17.9 Å². The second-order valence-corrected chi connectivity index (χ2v) is 8.04. The van der Waals surface area contributed by atoms with Crippen molar-refractivity contribution in [2.45, 2.75) is 13.5 Å². The number of halogens is 1. The van der Waals surface area contributed by atoms with Crippen LogP contribution in [0, 0.1) is 12.7 Å². The fourth-order valence-corrected chi connectivity index (χ4v) is 3.95. The van der Waals surface area contributed by atoms with Gasteiger partial charge >= 0.3 is 0 Å². The lowest BCUT2D eigenvalue weighted by Crippen LogP contribution is -2.30. The summed E-state index contributed by atoms with van der Waals surface area (Å²) in [4.78, 5) is 32.2. The predicted octanol–water partition coefficient (Wildman–Crippen LogP) is 5.69. The molecule has 1 aromatic heterocycles. The van der Waals surface area contributed by atoms with E-state index in [9.17, 15) is 14.0 Å². The van der Waals surface area contributed by atoms with E-state index in [1.165, 1.54) is 12.1 Å². The summed E-state index contributed by atoms with van der Waals surface area (Å²) in [5, 5.41) is 6.08. The molecule has 1 aliphatic heterocycles. The molecular formula is C27H21FN4O2. The van der Waals surface area contributed by atoms with Gasteiger partial charge < -0.3 is 15.5 Å². The van der Waals surface area contributed by atoms with E-state index in [0.29, 0.717) is 23.4 Å². The number of benzene rings is 3. The van der Waals surface area contributed by atoms with E-state index in [2.05, 4.69) is 15.6 Å². The molecule has 0 fully saturated rings. The van der Waals surface area contributed by atoms with Crippen LogP contribution in [-0.4, -0.2) is 16.8 Å². The number of carbonyl (C=O) groups is 2. The summed E-state index contributed by atoms with van der Waals surface area (Å²) in [6.45, 7) is 2.11. The highest BCUT2D eigenvalue weighted by atomic mass is 19.1. The lowest BCUT2D eigenvalue weighted by Gasteiger charge is -2.23. The SMILES string of the molecule is Cc1ccc(F)cc1C(=O)Nc1ccc(C(=O)N2Cc3cccnc3Nc3ccccc32)cc1. The summed E-state index contributed by atoms with van der Waals surface area (Å²) in [5.41, 5.74) is 4.38. The van der Waals surface area contributed by atoms with Crippen LogP contribution in [0.4, 0.5) is 27.3 Å². The number of hydrogen-bond donors (Lipinski definition) is 2. The molecule has 0 saturated heterocycles. The zero-order valence-electron chi connectivity index (χ0n) is 18.4. The van der Waals surface area contributed by atoms with E-state index in [1.54, 1.807) is 48.4 Å². The number of fused-ring (bicyclic) bond motifs is 2. The molecular weight excluding hydrogens is 431 g/mol. The van der Waals surface area contributed by atoms with Crippen molar-refractivity contribution < 1.29 is 14.0 Å². The topological polar surface area (TPSA) is 74.3 Å². The summed E-state index contributed by atoms with van der Waals surface area (Å²) in [6, 6.07) is 22.1. The first-order chi connectivity index (χ1) is 16.5. The Kier molecular flexibility index (Phi) is 5.51. The van der Waals surface area contributed by atoms with Gasteiger partial charge in [0.2, 0.25) is 0 Å². The van der Waals surface area contributed by atoms with Gasteiger partial charge in [-0.1, -0.05) is 24.3 Å². The molecule has 0 aliphatic carbocycles. The van der Waals surface area contributed by atoms with E-state index in [4.69, 9.17) is 0 Å². The summed E-state index contributed by atoms with van der Waals surface area (Å²) < 4.78 is 13.6. The van der Waals surface area contributed by atoms with Crippen LogP contribution in [0.1, 0.15) is 31.8 Å². The van der Waals surface area contributed by atoms with Crippen molar-refractivity contribution in [3.63, 3.8) is 0 Å². The van der Waals surface area contributed by atoms with Crippen molar-refractivity contribution in [1.82, 2.24) is 4.98 Å². The van der Waals surface area contributed by atoms with Crippen LogP contribution >= 0.6 is 0 Å². The molecule has 2 N–H and O–H groups in total. The number of nitrogens with zero attached hydrogens (tertiary/aromatic N) is 2. The molecule has 0 spiro atoms. The number of aromatic nitrogens is 1. The lowest BCUT2D eigenvalue weighted by molar-refractivity contribution is 0.0984. The van der Waals surface area contributed by atoms with Crippen molar-refractivity contribution in [1.29, 1.82) is 0 Å². The molecule has 0 radical (unpaired) electrons. The molecule has 5 rings (SSSR count). The van der Waals surface area contributed by atoms with Gasteiger partial charge in [0, 0.05) is 28.6 Å². The number of rotatable bonds is 3. The van der Waals surface area contributed by atoms with Gasteiger partial charge in [0.1, 0.15) is 11.6 Å². The highest BCUT2D eigenvalue weighted by molar-refractivity contribution is 6.09. The second kappa shape index (κ2) is 8.78. The molecule has 2 amide bonds. The van der Waals surface area contributed by atoms with Crippen LogP contribution in [0.2, 0.25) is 0 Å².